The van der Waals surface area contributed by atoms with Crippen molar-refractivity contribution in [3.8, 4) is 0 Å². The van der Waals surface area contributed by atoms with Gasteiger partial charge in [-0.3, -0.25) is 4.79 Å². The summed E-state index contributed by atoms with van der Waals surface area (Å²) in [5.41, 5.74) is 5.96. The van der Waals surface area contributed by atoms with Crippen molar-refractivity contribution in [2.75, 3.05) is 19.6 Å². The van der Waals surface area contributed by atoms with Gasteiger partial charge in [-0.1, -0.05) is 44.2 Å². The van der Waals surface area contributed by atoms with E-state index in [4.69, 9.17) is 5.73 Å². The zero-order valence-corrected chi connectivity index (χ0v) is 18.7. The predicted octanol–water partition coefficient (Wildman–Crippen LogP) is 1.78. The minimum Gasteiger partial charge on any atom is -0.370 e. The molecule has 0 aliphatic heterocycles. The summed E-state index contributed by atoms with van der Waals surface area (Å²) in [5.74, 6) is -0.607. The lowest BCUT2D eigenvalue weighted by Crippen LogP contribution is -2.34. The van der Waals surface area contributed by atoms with E-state index >= 15 is 0 Å². The molecule has 0 aliphatic rings. The standard InChI is InChI=1S/C20H27N3O5S2/c1-3-22(4-2)29(25,26)18-10-12-19(13-11-18)30(27,28)23(15-14-20(21)24)16-17-8-6-5-7-9-17/h5-13H,3-4,14-16H2,1-2H3,(H2,21,24). The summed E-state index contributed by atoms with van der Waals surface area (Å²) in [7, 11) is -7.66. The summed E-state index contributed by atoms with van der Waals surface area (Å²) in [6, 6.07) is 14.1. The van der Waals surface area contributed by atoms with Gasteiger partial charge in [0.2, 0.25) is 26.0 Å². The van der Waals surface area contributed by atoms with Crippen molar-refractivity contribution in [3.63, 3.8) is 0 Å². The highest BCUT2D eigenvalue weighted by atomic mass is 32.2. The molecular formula is C20H27N3O5S2. The second kappa shape index (κ2) is 10.2. The average molecular weight is 454 g/mol. The van der Waals surface area contributed by atoms with E-state index in [1.807, 2.05) is 6.07 Å². The van der Waals surface area contributed by atoms with Crippen molar-refractivity contribution in [2.45, 2.75) is 36.6 Å². The maximum Gasteiger partial charge on any atom is 0.243 e. The van der Waals surface area contributed by atoms with E-state index in [1.54, 1.807) is 38.1 Å². The molecule has 0 radical (unpaired) electrons. The molecule has 2 aromatic rings. The summed E-state index contributed by atoms with van der Waals surface area (Å²) in [6.07, 6.45) is -0.125. The van der Waals surface area contributed by atoms with Crippen LogP contribution in [0.25, 0.3) is 0 Å². The van der Waals surface area contributed by atoms with E-state index in [2.05, 4.69) is 0 Å². The zero-order chi connectivity index (χ0) is 22.4. The number of amides is 1. The fourth-order valence-electron chi connectivity index (χ4n) is 2.95. The first kappa shape index (κ1) is 24.0. The zero-order valence-electron chi connectivity index (χ0n) is 17.1. The third kappa shape index (κ3) is 5.66. The molecular weight excluding hydrogens is 426 g/mol. The summed E-state index contributed by atoms with van der Waals surface area (Å²) in [5, 5.41) is 0. The maximum atomic E-state index is 13.2. The monoisotopic (exact) mass is 453 g/mol. The Morgan fingerprint density at radius 3 is 1.70 bits per heavy atom. The number of carbonyl (C=O) groups excluding carboxylic acids is 1. The van der Waals surface area contributed by atoms with E-state index in [0.717, 1.165) is 5.56 Å². The molecule has 0 saturated heterocycles. The van der Waals surface area contributed by atoms with Crippen molar-refractivity contribution in [1.82, 2.24) is 8.61 Å². The molecule has 0 fully saturated rings. The van der Waals surface area contributed by atoms with Crippen LogP contribution < -0.4 is 5.73 Å². The minimum atomic E-state index is -3.97. The van der Waals surface area contributed by atoms with Crippen LogP contribution in [0.3, 0.4) is 0 Å². The van der Waals surface area contributed by atoms with E-state index in [0.29, 0.717) is 13.1 Å². The summed E-state index contributed by atoms with van der Waals surface area (Å²) in [6.45, 7) is 4.09. The Bertz CT molecular complexity index is 1050. The lowest BCUT2D eigenvalue weighted by atomic mass is 10.2. The number of rotatable bonds is 11. The fourth-order valence-corrected chi connectivity index (χ4v) is 5.84. The number of hydrogen-bond donors (Lipinski definition) is 1. The molecule has 0 heterocycles. The Morgan fingerprint density at radius 1 is 0.800 bits per heavy atom. The maximum absolute atomic E-state index is 13.2. The largest absolute Gasteiger partial charge is 0.370 e. The molecule has 0 atom stereocenters. The predicted molar refractivity (Wildman–Crippen MR) is 114 cm³/mol. The van der Waals surface area contributed by atoms with Crippen LogP contribution >= 0.6 is 0 Å². The molecule has 0 bridgehead atoms. The van der Waals surface area contributed by atoms with E-state index in [-0.39, 0.29) is 29.3 Å². The van der Waals surface area contributed by atoms with E-state index in [1.165, 1.54) is 32.9 Å². The first-order valence-corrected chi connectivity index (χ1v) is 12.4. The van der Waals surface area contributed by atoms with Gasteiger partial charge in [-0.15, -0.1) is 0 Å². The Labute approximate surface area is 178 Å². The normalized spacial score (nSPS) is 12.4. The van der Waals surface area contributed by atoms with Crippen LogP contribution in [0.1, 0.15) is 25.8 Å². The van der Waals surface area contributed by atoms with Gasteiger partial charge in [-0.25, -0.2) is 16.8 Å². The van der Waals surface area contributed by atoms with Crippen molar-refractivity contribution in [2.24, 2.45) is 5.73 Å². The van der Waals surface area contributed by atoms with Gasteiger partial charge in [0, 0.05) is 32.6 Å². The van der Waals surface area contributed by atoms with Crippen molar-refractivity contribution >= 4 is 26.0 Å². The fraction of sp³-hybridized carbons (Fsp3) is 0.350. The van der Waals surface area contributed by atoms with Crippen LogP contribution in [-0.2, 0) is 31.4 Å². The van der Waals surface area contributed by atoms with Crippen LogP contribution in [0.5, 0.6) is 0 Å². The Kier molecular flexibility index (Phi) is 8.13. The highest BCUT2D eigenvalue weighted by Gasteiger charge is 2.27. The summed E-state index contributed by atoms with van der Waals surface area (Å²) < 4.78 is 54.1. The molecule has 30 heavy (non-hydrogen) atoms. The number of carbonyl (C=O) groups is 1. The minimum absolute atomic E-state index is 0.0249. The van der Waals surface area contributed by atoms with Crippen molar-refractivity contribution < 1.29 is 21.6 Å². The topological polar surface area (TPSA) is 118 Å². The third-order valence-electron chi connectivity index (χ3n) is 4.61. The van der Waals surface area contributed by atoms with Gasteiger partial charge in [0.1, 0.15) is 0 Å². The van der Waals surface area contributed by atoms with Crippen LogP contribution in [0.4, 0.5) is 0 Å². The van der Waals surface area contributed by atoms with Gasteiger partial charge in [0.15, 0.2) is 0 Å². The van der Waals surface area contributed by atoms with Crippen LogP contribution in [-0.4, -0.2) is 51.0 Å². The van der Waals surface area contributed by atoms with E-state index in [9.17, 15) is 21.6 Å². The highest BCUT2D eigenvalue weighted by Crippen LogP contribution is 2.22. The average Bonchev–Trinajstić information content (AvgIpc) is 2.72. The number of sulfonamides is 2. The molecule has 0 spiro atoms. The molecule has 164 valence electrons. The van der Waals surface area contributed by atoms with Gasteiger partial charge >= 0.3 is 0 Å². The summed E-state index contributed by atoms with van der Waals surface area (Å²) in [4.78, 5) is 11.2. The van der Waals surface area contributed by atoms with Gasteiger partial charge in [-0.2, -0.15) is 8.61 Å². The molecule has 8 nitrogen and oxygen atoms in total. The molecule has 2 rings (SSSR count). The van der Waals surface area contributed by atoms with E-state index < -0.39 is 26.0 Å². The number of primary amides is 1. The van der Waals surface area contributed by atoms with Crippen LogP contribution in [0.2, 0.25) is 0 Å². The smallest absolute Gasteiger partial charge is 0.243 e. The first-order valence-electron chi connectivity index (χ1n) is 9.55. The van der Waals surface area contributed by atoms with Gasteiger partial charge < -0.3 is 5.73 Å². The number of nitrogens with zero attached hydrogens (tertiary/aromatic N) is 2. The quantitative estimate of drug-likeness (QED) is 0.556. The SMILES string of the molecule is CCN(CC)S(=O)(=O)c1ccc(S(=O)(=O)N(CCC(N)=O)Cc2ccccc2)cc1. The Hall–Kier alpha value is -2.27. The highest BCUT2D eigenvalue weighted by molar-refractivity contribution is 7.89. The molecule has 0 saturated carbocycles. The van der Waals surface area contributed by atoms with Gasteiger partial charge in [0.05, 0.1) is 9.79 Å². The molecule has 1 amide bonds. The molecule has 2 aromatic carbocycles. The van der Waals surface area contributed by atoms with Crippen molar-refractivity contribution in [1.29, 1.82) is 0 Å². The first-order chi connectivity index (χ1) is 14.1. The number of benzene rings is 2. The molecule has 2 N–H and O–H groups in total. The summed E-state index contributed by atoms with van der Waals surface area (Å²) >= 11 is 0. The molecule has 0 unspecified atom stereocenters. The molecule has 0 aliphatic carbocycles. The lowest BCUT2D eigenvalue weighted by molar-refractivity contribution is -0.118. The second-order valence-corrected chi connectivity index (χ2v) is 10.5. The van der Waals surface area contributed by atoms with Gasteiger partial charge in [-0.05, 0) is 29.8 Å². The van der Waals surface area contributed by atoms with Gasteiger partial charge in [0.25, 0.3) is 0 Å². The van der Waals surface area contributed by atoms with Crippen molar-refractivity contribution in [3.05, 3.63) is 60.2 Å². The number of nitrogens with two attached hydrogens (primary N) is 1. The van der Waals surface area contributed by atoms with Crippen LogP contribution in [0.15, 0.2) is 64.4 Å². The molecule has 0 aromatic heterocycles. The van der Waals surface area contributed by atoms with Crippen LogP contribution in [0, 0.1) is 0 Å². The third-order valence-corrected chi connectivity index (χ3v) is 8.54. The Balaban J connectivity index is 2.36. The number of hydrogen-bond acceptors (Lipinski definition) is 5. The molecule has 10 heteroatoms. The lowest BCUT2D eigenvalue weighted by Gasteiger charge is -2.22. The second-order valence-electron chi connectivity index (χ2n) is 6.60. The Morgan fingerprint density at radius 2 is 1.27 bits per heavy atom.